The van der Waals surface area contributed by atoms with Gasteiger partial charge in [0.05, 0.1) is 18.3 Å². The van der Waals surface area contributed by atoms with Gasteiger partial charge in [0.2, 0.25) is 6.17 Å². The molecule has 2 aliphatic rings. The molecule has 2 aliphatic heterocycles. The van der Waals surface area contributed by atoms with Crippen molar-refractivity contribution in [2.24, 2.45) is 9.50 Å². The van der Waals surface area contributed by atoms with Crippen LogP contribution in [0.5, 0.6) is 0 Å². The average Bonchev–Trinajstić information content (AvgIpc) is 2.55. The Bertz CT molecular complexity index is 213. The second-order valence-corrected chi connectivity index (χ2v) is 2.85. The average molecular weight is 172 g/mol. The molecule has 0 aliphatic carbocycles. The molecule has 0 aromatic carbocycles. The molecule has 0 saturated carbocycles. The van der Waals surface area contributed by atoms with Crippen LogP contribution in [0.15, 0.2) is 9.50 Å². The van der Waals surface area contributed by atoms with Gasteiger partial charge in [0.25, 0.3) is 0 Å². The Morgan fingerprint density at radius 3 is 3.27 bits per heavy atom. The quantitative estimate of drug-likeness (QED) is 0.425. The topological polar surface area (TPSA) is 67.3 Å². The predicted octanol–water partition coefficient (Wildman–Crippen LogP) is -1.43. The monoisotopic (exact) mass is 172 g/mol. The van der Waals surface area contributed by atoms with Crippen molar-refractivity contribution in [3.8, 4) is 0 Å². The molecule has 2 atom stereocenters. The van der Waals surface area contributed by atoms with E-state index in [9.17, 15) is 0 Å². The van der Waals surface area contributed by atoms with Crippen LogP contribution >= 0.6 is 12.1 Å². The summed E-state index contributed by atoms with van der Waals surface area (Å²) in [6, 6.07) is 0. The lowest BCUT2D eigenvalue weighted by molar-refractivity contribution is -0.883. The van der Waals surface area contributed by atoms with Crippen LogP contribution in [0.25, 0.3) is 5.53 Å². The van der Waals surface area contributed by atoms with Gasteiger partial charge in [-0.15, -0.1) is 0 Å². The molecule has 11 heavy (non-hydrogen) atoms. The maximum Gasteiger partial charge on any atom is 0.205 e. The molecular formula is C4H8N6S. The fourth-order valence-corrected chi connectivity index (χ4v) is 1.35. The van der Waals surface area contributed by atoms with Crippen molar-refractivity contribution in [2.45, 2.75) is 13.1 Å². The Hall–Kier alpha value is -0.630. The minimum Gasteiger partial charge on any atom is -0.421 e. The number of quaternary nitrogens is 1. The van der Waals surface area contributed by atoms with Crippen molar-refractivity contribution in [3.63, 3.8) is 0 Å². The van der Waals surface area contributed by atoms with E-state index in [1.54, 1.807) is 6.21 Å². The molecule has 3 N–H and O–H groups in total. The highest BCUT2D eigenvalue weighted by molar-refractivity contribution is 7.96. The number of hydrogen-bond acceptors (Lipinski definition) is 5. The van der Waals surface area contributed by atoms with Crippen LogP contribution in [-0.4, -0.2) is 18.2 Å². The molecule has 0 bridgehead atoms. The second kappa shape index (κ2) is 2.78. The Kier molecular flexibility index (Phi) is 1.78. The standard InChI is InChI=1S/C4H8N6S/c1-3-6-9-10(7-3)4-2-5-11-8-4/h2,4,8,10H,1H3,(H,6,7). The van der Waals surface area contributed by atoms with Crippen molar-refractivity contribution in [2.75, 3.05) is 0 Å². The third kappa shape index (κ3) is 1.36. The van der Waals surface area contributed by atoms with E-state index in [1.165, 1.54) is 12.1 Å². The fraction of sp³-hybridized carbons (Fsp3) is 0.500. The van der Waals surface area contributed by atoms with E-state index in [0.29, 0.717) is 0 Å². The van der Waals surface area contributed by atoms with Crippen LogP contribution in [0.4, 0.5) is 0 Å². The molecule has 2 rings (SSSR count). The van der Waals surface area contributed by atoms with Crippen LogP contribution in [0.1, 0.15) is 6.92 Å². The van der Waals surface area contributed by atoms with Gasteiger partial charge in [0.15, 0.2) is 0 Å². The Morgan fingerprint density at radius 2 is 2.73 bits per heavy atom. The zero-order chi connectivity index (χ0) is 7.68. The maximum atomic E-state index is 4.16. The summed E-state index contributed by atoms with van der Waals surface area (Å²) in [6.07, 6.45) is 1.85. The predicted molar refractivity (Wildman–Crippen MR) is 43.6 cm³/mol. The molecule has 6 nitrogen and oxygen atoms in total. The lowest BCUT2D eigenvalue weighted by Gasteiger charge is -2.21. The Labute approximate surface area is 68.3 Å². The van der Waals surface area contributed by atoms with Gasteiger partial charge >= 0.3 is 0 Å². The van der Waals surface area contributed by atoms with Crippen LogP contribution in [0.3, 0.4) is 0 Å². The largest absolute Gasteiger partial charge is 0.421 e. The molecule has 0 spiro atoms. The van der Waals surface area contributed by atoms with Gasteiger partial charge in [-0.05, 0) is 6.92 Å². The number of amidine groups is 1. The lowest BCUT2D eigenvalue weighted by atomic mass is 10.6. The summed E-state index contributed by atoms with van der Waals surface area (Å²) in [5.41, 5.74) is 6.77. The summed E-state index contributed by atoms with van der Waals surface area (Å²) in [4.78, 5) is 0. The normalized spacial score (nSPS) is 35.5. The van der Waals surface area contributed by atoms with E-state index in [-0.39, 0.29) is 6.17 Å². The van der Waals surface area contributed by atoms with Crippen LogP contribution in [0.2, 0.25) is 0 Å². The SMILES string of the molecule is CC1=N[NH+](C2C=NSN2)[N-]N1. The molecule has 7 heteroatoms. The molecule has 2 heterocycles. The van der Waals surface area contributed by atoms with Gasteiger partial charge in [-0.2, -0.15) is 4.72 Å². The zero-order valence-electron chi connectivity index (χ0n) is 5.90. The zero-order valence-corrected chi connectivity index (χ0v) is 6.72. The molecule has 0 radical (unpaired) electrons. The molecule has 0 aromatic heterocycles. The van der Waals surface area contributed by atoms with Gasteiger partial charge in [-0.1, -0.05) is 5.10 Å². The number of rotatable bonds is 1. The van der Waals surface area contributed by atoms with Crippen LogP contribution in [0, 0.1) is 0 Å². The van der Waals surface area contributed by atoms with E-state index in [2.05, 4.69) is 25.2 Å². The first-order chi connectivity index (χ1) is 5.36. The van der Waals surface area contributed by atoms with Gasteiger partial charge in [-0.25, -0.2) is 9.52 Å². The summed E-state index contributed by atoms with van der Waals surface area (Å²) < 4.78 is 6.97. The molecule has 0 fully saturated rings. The van der Waals surface area contributed by atoms with Gasteiger partial charge < -0.3 is 11.0 Å². The maximum absolute atomic E-state index is 4.16. The molecule has 2 unspecified atom stereocenters. The van der Waals surface area contributed by atoms with Crippen molar-refractivity contribution in [1.29, 1.82) is 0 Å². The van der Waals surface area contributed by atoms with Crippen LogP contribution < -0.4 is 15.3 Å². The van der Waals surface area contributed by atoms with Crippen molar-refractivity contribution in [3.05, 3.63) is 5.53 Å². The number of hydrogen-bond donors (Lipinski definition) is 3. The Morgan fingerprint density at radius 1 is 1.82 bits per heavy atom. The van der Waals surface area contributed by atoms with E-state index >= 15 is 0 Å². The van der Waals surface area contributed by atoms with E-state index < -0.39 is 0 Å². The van der Waals surface area contributed by atoms with E-state index in [0.717, 1.165) is 11.0 Å². The first-order valence-corrected chi connectivity index (χ1v) is 3.97. The highest BCUT2D eigenvalue weighted by atomic mass is 32.2. The summed E-state index contributed by atoms with van der Waals surface area (Å²) in [5.74, 6) is 0.826. The van der Waals surface area contributed by atoms with E-state index in [1.807, 2.05) is 6.92 Å². The van der Waals surface area contributed by atoms with Crippen LogP contribution in [-0.2, 0) is 0 Å². The summed E-state index contributed by atoms with van der Waals surface area (Å²) in [6.45, 7) is 1.87. The fourth-order valence-electron chi connectivity index (χ4n) is 0.827. The molecule has 0 aromatic rings. The first-order valence-electron chi connectivity index (χ1n) is 3.20. The van der Waals surface area contributed by atoms with Crippen molar-refractivity contribution in [1.82, 2.24) is 10.1 Å². The minimum atomic E-state index is 0.0601. The molecular weight excluding hydrogens is 164 g/mol. The second-order valence-electron chi connectivity index (χ2n) is 2.22. The van der Waals surface area contributed by atoms with Crippen molar-refractivity contribution < 1.29 is 5.12 Å². The smallest absolute Gasteiger partial charge is 0.205 e. The summed E-state index contributed by atoms with van der Waals surface area (Å²) in [5, 5.41) is 4.91. The van der Waals surface area contributed by atoms with Gasteiger partial charge in [0, 0.05) is 0 Å². The molecule has 0 amide bonds. The molecule has 0 saturated heterocycles. The number of nitrogens with zero attached hydrogens (tertiary/aromatic N) is 3. The van der Waals surface area contributed by atoms with E-state index in [4.69, 9.17) is 0 Å². The summed E-state index contributed by atoms with van der Waals surface area (Å²) in [7, 11) is 0. The third-order valence-corrected chi connectivity index (χ3v) is 1.92. The molecule has 60 valence electrons. The first kappa shape index (κ1) is 7.04. The highest BCUT2D eigenvalue weighted by Crippen LogP contribution is 2.01. The van der Waals surface area contributed by atoms with Gasteiger partial charge in [-0.3, -0.25) is 0 Å². The minimum absolute atomic E-state index is 0.0601. The lowest BCUT2D eigenvalue weighted by Crippen LogP contribution is -3.09. The number of nitrogens with one attached hydrogen (secondary N) is 3. The highest BCUT2D eigenvalue weighted by Gasteiger charge is 2.20. The van der Waals surface area contributed by atoms with Gasteiger partial charge in [0.1, 0.15) is 5.84 Å². The Balaban J connectivity index is 2.00. The third-order valence-electron chi connectivity index (χ3n) is 1.33. The van der Waals surface area contributed by atoms with Crippen molar-refractivity contribution >= 4 is 24.2 Å². The summed E-state index contributed by atoms with van der Waals surface area (Å²) >= 11 is 1.31.